The Morgan fingerprint density at radius 3 is 2.50 bits per heavy atom. The molecule has 3 aromatic rings. The maximum absolute atomic E-state index is 15.7. The second-order valence-electron chi connectivity index (χ2n) is 10.7. The summed E-state index contributed by atoms with van der Waals surface area (Å²) in [5.41, 5.74) is -0.491. The van der Waals surface area contributed by atoms with Crippen molar-refractivity contribution in [2.24, 2.45) is 0 Å². The van der Waals surface area contributed by atoms with E-state index in [2.05, 4.69) is 4.98 Å². The molecule has 3 atom stereocenters. The standard InChI is InChI=1S/C28H32F5N3O2/c1-16-8-21-20-9-17(30)4-5-24(20)34-26(21)27(36(16)14-28(2,33)15-37)25-22(31)10-18(11-23(25)32)38-19-12-35(13-19)7-3-6-29/h4-5,9-11,16,19,27,34,37H,3,6-8,12-15H2,1-2H3/t16-,27+,28?/m0/s1. The summed E-state index contributed by atoms with van der Waals surface area (Å²) in [6.45, 7) is 3.33. The van der Waals surface area contributed by atoms with Crippen molar-refractivity contribution in [2.45, 2.75) is 50.5 Å². The van der Waals surface area contributed by atoms with Gasteiger partial charge in [0.05, 0.1) is 19.3 Å². The van der Waals surface area contributed by atoms with E-state index in [1.807, 2.05) is 11.8 Å². The average Bonchev–Trinajstić information content (AvgIpc) is 3.18. The van der Waals surface area contributed by atoms with Gasteiger partial charge >= 0.3 is 0 Å². The summed E-state index contributed by atoms with van der Waals surface area (Å²) in [5.74, 6) is -2.09. The molecule has 38 heavy (non-hydrogen) atoms. The molecule has 3 heterocycles. The number of nitrogens with one attached hydrogen (secondary N) is 1. The molecule has 0 aliphatic carbocycles. The molecule has 5 rings (SSSR count). The number of halogens is 5. The molecule has 2 N–H and O–H groups in total. The highest BCUT2D eigenvalue weighted by molar-refractivity contribution is 5.85. The Kier molecular flexibility index (Phi) is 7.41. The van der Waals surface area contributed by atoms with Crippen LogP contribution >= 0.6 is 0 Å². The van der Waals surface area contributed by atoms with Crippen molar-refractivity contribution in [1.82, 2.24) is 14.8 Å². The number of ether oxygens (including phenoxy) is 1. The molecular weight excluding hydrogens is 505 g/mol. The van der Waals surface area contributed by atoms with Crippen LogP contribution in [0.3, 0.4) is 0 Å². The van der Waals surface area contributed by atoms with Crippen molar-refractivity contribution in [1.29, 1.82) is 0 Å². The summed E-state index contributed by atoms with van der Waals surface area (Å²) in [6, 6.07) is 5.11. The third-order valence-electron chi connectivity index (χ3n) is 7.57. The quantitative estimate of drug-likeness (QED) is 0.375. The van der Waals surface area contributed by atoms with Crippen LogP contribution in [0.5, 0.6) is 5.75 Å². The molecule has 0 spiro atoms. The molecule has 2 aliphatic rings. The number of aromatic amines is 1. The van der Waals surface area contributed by atoms with Crippen LogP contribution in [0, 0.1) is 17.5 Å². The number of nitrogens with zero attached hydrogens (tertiary/aromatic N) is 2. The van der Waals surface area contributed by atoms with Gasteiger partial charge in [-0.15, -0.1) is 0 Å². The fourth-order valence-electron chi connectivity index (χ4n) is 5.66. The van der Waals surface area contributed by atoms with E-state index in [1.165, 1.54) is 19.1 Å². The van der Waals surface area contributed by atoms with Gasteiger partial charge in [-0.3, -0.25) is 14.2 Å². The third kappa shape index (κ3) is 5.13. The van der Waals surface area contributed by atoms with E-state index in [9.17, 15) is 13.9 Å². The first-order valence-corrected chi connectivity index (χ1v) is 12.9. The third-order valence-corrected chi connectivity index (χ3v) is 7.57. The predicted octanol–water partition coefficient (Wildman–Crippen LogP) is 5.06. The minimum Gasteiger partial charge on any atom is -0.488 e. The molecule has 1 saturated heterocycles. The summed E-state index contributed by atoms with van der Waals surface area (Å²) < 4.78 is 78.8. The lowest BCUT2D eigenvalue weighted by Crippen LogP contribution is -2.53. The van der Waals surface area contributed by atoms with Crippen LogP contribution < -0.4 is 4.74 Å². The number of aliphatic hydroxyl groups is 1. The van der Waals surface area contributed by atoms with Crippen LogP contribution in [0.25, 0.3) is 10.9 Å². The maximum Gasteiger partial charge on any atom is 0.143 e. The van der Waals surface area contributed by atoms with Crippen molar-refractivity contribution in [3.8, 4) is 5.75 Å². The molecule has 0 radical (unpaired) electrons. The highest BCUT2D eigenvalue weighted by Crippen LogP contribution is 2.44. The first-order valence-electron chi connectivity index (χ1n) is 12.9. The van der Waals surface area contributed by atoms with Crippen molar-refractivity contribution in [2.75, 3.05) is 39.5 Å². The number of aromatic nitrogens is 1. The fourth-order valence-corrected chi connectivity index (χ4v) is 5.66. The SMILES string of the molecule is C[C@H]1Cc2c([nH]c3ccc(F)cc23)[C@@H](c2c(F)cc(OC3CN(CCCF)C3)cc2F)N1CC(C)(F)CO. The van der Waals surface area contributed by atoms with E-state index in [-0.39, 0.29) is 30.0 Å². The number of aliphatic hydroxyl groups excluding tert-OH is 1. The summed E-state index contributed by atoms with van der Waals surface area (Å²) in [7, 11) is 0. The van der Waals surface area contributed by atoms with Gasteiger partial charge in [-0.25, -0.2) is 17.6 Å². The number of alkyl halides is 2. The molecule has 0 amide bonds. The summed E-state index contributed by atoms with van der Waals surface area (Å²) >= 11 is 0. The lowest BCUT2D eigenvalue weighted by molar-refractivity contribution is 0.0151. The molecule has 0 saturated carbocycles. The lowest BCUT2D eigenvalue weighted by Gasteiger charge is -2.43. The van der Waals surface area contributed by atoms with E-state index in [0.717, 1.165) is 17.7 Å². The monoisotopic (exact) mass is 537 g/mol. The van der Waals surface area contributed by atoms with E-state index in [4.69, 9.17) is 4.74 Å². The van der Waals surface area contributed by atoms with Gasteiger partial charge < -0.3 is 14.8 Å². The summed E-state index contributed by atoms with van der Waals surface area (Å²) in [5, 5.41) is 10.2. The largest absolute Gasteiger partial charge is 0.488 e. The maximum atomic E-state index is 15.7. The molecular formula is C28H32F5N3O2. The molecule has 206 valence electrons. The number of likely N-dealkylation sites (tertiary alicyclic amines) is 1. The number of hydrogen-bond donors (Lipinski definition) is 2. The minimum atomic E-state index is -2.02. The Hall–Kier alpha value is -2.69. The number of benzene rings is 2. The van der Waals surface area contributed by atoms with Gasteiger partial charge in [0, 0.05) is 66.5 Å². The highest BCUT2D eigenvalue weighted by atomic mass is 19.2. The van der Waals surface area contributed by atoms with E-state index < -0.39 is 42.4 Å². The van der Waals surface area contributed by atoms with E-state index >= 15 is 13.2 Å². The van der Waals surface area contributed by atoms with Crippen LogP contribution in [0.1, 0.15) is 43.1 Å². The Morgan fingerprint density at radius 1 is 1.13 bits per heavy atom. The zero-order chi connectivity index (χ0) is 27.2. The molecule has 2 aliphatic heterocycles. The number of rotatable bonds is 9. The molecule has 1 aromatic heterocycles. The average molecular weight is 538 g/mol. The Labute approximate surface area is 218 Å². The van der Waals surface area contributed by atoms with Crippen LogP contribution in [0.4, 0.5) is 22.0 Å². The van der Waals surface area contributed by atoms with E-state index in [1.54, 1.807) is 11.0 Å². The van der Waals surface area contributed by atoms with Crippen molar-refractivity contribution >= 4 is 10.9 Å². The minimum absolute atomic E-state index is 0.0407. The van der Waals surface area contributed by atoms with Gasteiger partial charge in [0.15, 0.2) is 0 Å². The molecule has 1 unspecified atom stereocenters. The molecule has 10 heteroatoms. The lowest BCUT2D eigenvalue weighted by atomic mass is 9.87. The Balaban J connectivity index is 1.52. The number of hydrogen-bond acceptors (Lipinski definition) is 4. The van der Waals surface area contributed by atoms with Gasteiger partial charge in [-0.05, 0) is 50.5 Å². The van der Waals surface area contributed by atoms with Crippen LogP contribution in [-0.4, -0.2) is 77.2 Å². The van der Waals surface area contributed by atoms with E-state index in [0.29, 0.717) is 49.1 Å². The van der Waals surface area contributed by atoms with Crippen molar-refractivity contribution < 1.29 is 31.8 Å². The molecule has 2 aromatic carbocycles. The van der Waals surface area contributed by atoms with Gasteiger partial charge in [-0.1, -0.05) is 0 Å². The van der Waals surface area contributed by atoms with Gasteiger partial charge in [0.25, 0.3) is 0 Å². The predicted molar refractivity (Wildman–Crippen MR) is 134 cm³/mol. The summed E-state index contributed by atoms with van der Waals surface area (Å²) in [4.78, 5) is 6.84. The zero-order valence-corrected chi connectivity index (χ0v) is 21.4. The molecule has 1 fully saturated rings. The Bertz CT molecular complexity index is 1280. The first kappa shape index (κ1) is 26.9. The van der Waals surface area contributed by atoms with Crippen molar-refractivity contribution in [3.63, 3.8) is 0 Å². The first-order chi connectivity index (χ1) is 18.1. The Morgan fingerprint density at radius 2 is 1.84 bits per heavy atom. The van der Waals surface area contributed by atoms with Crippen molar-refractivity contribution in [3.05, 3.63) is 64.6 Å². The highest BCUT2D eigenvalue weighted by Gasteiger charge is 2.42. The second-order valence-corrected chi connectivity index (χ2v) is 10.7. The summed E-state index contributed by atoms with van der Waals surface area (Å²) in [6.07, 6.45) is 0.580. The second kappa shape index (κ2) is 10.5. The van der Waals surface area contributed by atoms with Gasteiger partial charge in [0.1, 0.15) is 35.0 Å². The molecule has 5 nitrogen and oxygen atoms in total. The number of fused-ring (bicyclic) bond motifs is 3. The topological polar surface area (TPSA) is 51.7 Å². The van der Waals surface area contributed by atoms with Crippen LogP contribution in [-0.2, 0) is 6.42 Å². The molecule has 0 bridgehead atoms. The normalized spacial score (nSPS) is 22.3. The zero-order valence-electron chi connectivity index (χ0n) is 21.4. The number of H-pyrrole nitrogens is 1. The van der Waals surface area contributed by atoms with Gasteiger partial charge in [-0.2, -0.15) is 0 Å². The smallest absolute Gasteiger partial charge is 0.143 e. The fraction of sp³-hybridized carbons (Fsp3) is 0.500. The van der Waals surface area contributed by atoms with Crippen LogP contribution in [0.2, 0.25) is 0 Å². The van der Waals surface area contributed by atoms with Crippen LogP contribution in [0.15, 0.2) is 30.3 Å². The van der Waals surface area contributed by atoms with Gasteiger partial charge in [0.2, 0.25) is 0 Å².